The van der Waals surface area contributed by atoms with Crippen LogP contribution in [0.4, 0.5) is 0 Å². The van der Waals surface area contributed by atoms with E-state index < -0.39 is 20.5 Å². The molecular formula is C21H44NO7P. The Balaban J connectivity index is 3.57. The summed E-state index contributed by atoms with van der Waals surface area (Å²) in [5.41, 5.74) is 0. The quantitative estimate of drug-likeness (QED) is 0.151. The lowest BCUT2D eigenvalue weighted by Gasteiger charge is -2.16. The predicted molar refractivity (Wildman–Crippen MR) is 118 cm³/mol. The molecule has 0 saturated heterocycles. The van der Waals surface area contributed by atoms with E-state index in [4.69, 9.17) is 13.8 Å². The second-order valence-electron chi connectivity index (χ2n) is 8.02. The lowest BCUT2D eigenvalue weighted by atomic mass is 10.1. The molecular weight excluding hydrogens is 409 g/mol. The maximum absolute atomic E-state index is 11.7. The van der Waals surface area contributed by atoms with E-state index in [0.717, 1.165) is 19.3 Å². The summed E-state index contributed by atoms with van der Waals surface area (Å²) in [7, 11) is -0.605. The van der Waals surface area contributed by atoms with Gasteiger partial charge in [0.05, 0.1) is 13.2 Å². The Hall–Kier alpha value is -0.500. The van der Waals surface area contributed by atoms with Gasteiger partial charge in [-0.1, -0.05) is 71.1 Å². The Labute approximate surface area is 182 Å². The number of phosphoric ester groups is 1. The van der Waals surface area contributed by atoms with Gasteiger partial charge in [0.25, 0.3) is 0 Å². The van der Waals surface area contributed by atoms with Crippen molar-refractivity contribution in [3.05, 3.63) is 0 Å². The van der Waals surface area contributed by atoms with Crippen LogP contribution < -0.4 is 0 Å². The third-order valence-electron chi connectivity index (χ3n) is 4.64. The van der Waals surface area contributed by atoms with Crippen molar-refractivity contribution < 1.29 is 33.1 Å². The van der Waals surface area contributed by atoms with Crippen molar-refractivity contribution >= 4 is 13.8 Å². The van der Waals surface area contributed by atoms with Gasteiger partial charge in [-0.05, 0) is 20.5 Å². The van der Waals surface area contributed by atoms with Gasteiger partial charge in [0.2, 0.25) is 0 Å². The highest BCUT2D eigenvalue weighted by Gasteiger charge is 2.23. The van der Waals surface area contributed by atoms with Gasteiger partial charge in [0.15, 0.2) is 0 Å². The van der Waals surface area contributed by atoms with E-state index in [9.17, 15) is 19.4 Å². The molecule has 0 amide bonds. The fraction of sp³-hybridized carbons (Fsp3) is 0.952. The molecule has 0 aromatic carbocycles. The first-order valence-corrected chi connectivity index (χ1v) is 12.9. The van der Waals surface area contributed by atoms with Crippen molar-refractivity contribution in [1.82, 2.24) is 4.90 Å². The highest BCUT2D eigenvalue weighted by molar-refractivity contribution is 7.47. The van der Waals surface area contributed by atoms with Gasteiger partial charge in [0, 0.05) is 13.0 Å². The van der Waals surface area contributed by atoms with Crippen molar-refractivity contribution in [2.75, 3.05) is 40.5 Å². The Kier molecular flexibility index (Phi) is 18.9. The van der Waals surface area contributed by atoms with Crippen LogP contribution in [0.2, 0.25) is 0 Å². The summed E-state index contributed by atoms with van der Waals surface area (Å²) in [6, 6.07) is 0. The van der Waals surface area contributed by atoms with Gasteiger partial charge in [-0.2, -0.15) is 0 Å². The molecule has 0 heterocycles. The lowest BCUT2D eigenvalue weighted by molar-refractivity contribution is -0.147. The van der Waals surface area contributed by atoms with Crippen LogP contribution >= 0.6 is 7.82 Å². The molecule has 0 fully saturated rings. The number of hydrogen-bond acceptors (Lipinski definition) is 7. The molecule has 0 spiro atoms. The van der Waals surface area contributed by atoms with Gasteiger partial charge >= 0.3 is 13.8 Å². The third-order valence-corrected chi connectivity index (χ3v) is 5.63. The van der Waals surface area contributed by atoms with E-state index in [1.807, 2.05) is 0 Å². The van der Waals surface area contributed by atoms with E-state index >= 15 is 0 Å². The summed E-state index contributed by atoms with van der Waals surface area (Å²) < 4.78 is 26.1. The molecule has 0 aliphatic rings. The zero-order chi connectivity index (χ0) is 22.7. The van der Waals surface area contributed by atoms with Gasteiger partial charge in [-0.15, -0.1) is 0 Å². The number of unbranched alkanes of at least 4 members (excludes halogenated alkanes) is 10. The maximum atomic E-state index is 11.7. The molecule has 0 radical (unpaired) electrons. The largest absolute Gasteiger partial charge is 0.472 e. The molecule has 0 aromatic rings. The molecule has 180 valence electrons. The van der Waals surface area contributed by atoms with E-state index in [-0.39, 0.29) is 19.2 Å². The topological polar surface area (TPSA) is 106 Å². The van der Waals surface area contributed by atoms with Crippen LogP contribution in [0.25, 0.3) is 0 Å². The predicted octanol–water partition coefficient (Wildman–Crippen LogP) is 4.29. The molecule has 0 rings (SSSR count). The first kappa shape index (κ1) is 29.5. The molecule has 30 heavy (non-hydrogen) atoms. The molecule has 0 saturated carbocycles. The number of aliphatic hydroxyl groups is 1. The molecule has 0 aliphatic heterocycles. The van der Waals surface area contributed by atoms with Gasteiger partial charge < -0.3 is 19.6 Å². The fourth-order valence-electron chi connectivity index (χ4n) is 2.80. The van der Waals surface area contributed by atoms with Gasteiger partial charge in [-0.25, -0.2) is 4.57 Å². The average molecular weight is 454 g/mol. The lowest BCUT2D eigenvalue weighted by Crippen LogP contribution is -2.24. The average Bonchev–Trinajstić information content (AvgIpc) is 2.68. The molecule has 0 aliphatic carbocycles. The Morgan fingerprint density at radius 1 is 0.900 bits per heavy atom. The number of hydrogen-bond donors (Lipinski definition) is 2. The maximum Gasteiger partial charge on any atom is 0.472 e. The highest BCUT2D eigenvalue weighted by Crippen LogP contribution is 2.42. The molecule has 1 unspecified atom stereocenters. The Morgan fingerprint density at radius 2 is 1.43 bits per heavy atom. The first-order chi connectivity index (χ1) is 14.3. The van der Waals surface area contributed by atoms with Gasteiger partial charge in [0.1, 0.15) is 12.7 Å². The molecule has 2 N–H and O–H groups in total. The van der Waals surface area contributed by atoms with Crippen molar-refractivity contribution in [2.24, 2.45) is 0 Å². The zero-order valence-electron chi connectivity index (χ0n) is 19.2. The summed E-state index contributed by atoms with van der Waals surface area (Å²) in [6.07, 6.45) is 12.4. The van der Waals surface area contributed by atoms with Crippen molar-refractivity contribution in [2.45, 2.75) is 90.1 Å². The number of phosphoric acid groups is 1. The number of aliphatic hydroxyl groups excluding tert-OH is 1. The minimum atomic E-state index is -4.22. The van der Waals surface area contributed by atoms with Crippen LogP contribution in [0.1, 0.15) is 84.0 Å². The number of carbonyl (C=O) groups is 1. The molecule has 2 atom stereocenters. The summed E-state index contributed by atoms with van der Waals surface area (Å²) in [4.78, 5) is 23.0. The van der Waals surface area contributed by atoms with E-state index in [1.54, 1.807) is 19.0 Å². The molecule has 0 bridgehead atoms. The van der Waals surface area contributed by atoms with Crippen molar-refractivity contribution in [3.63, 3.8) is 0 Å². The van der Waals surface area contributed by atoms with E-state index in [0.29, 0.717) is 13.0 Å². The standard InChI is InChI=1S/C21H44NO7P/c1-4-5-6-7-8-9-10-11-12-13-14-15-21(24)27-18-20(23)19-29-30(25,26)28-17-16-22(2)3/h20,23H,4-19H2,1-3H3,(H,25,26)/t20-/m1/s1. The second-order valence-corrected chi connectivity index (χ2v) is 9.48. The Bertz CT molecular complexity index is 463. The van der Waals surface area contributed by atoms with Crippen LogP contribution in [-0.2, 0) is 23.1 Å². The summed E-state index contributed by atoms with van der Waals surface area (Å²) >= 11 is 0. The van der Waals surface area contributed by atoms with Crippen LogP contribution in [-0.4, -0.2) is 67.4 Å². The van der Waals surface area contributed by atoms with Crippen LogP contribution in [0.3, 0.4) is 0 Å². The number of carbonyl (C=O) groups excluding carboxylic acids is 1. The zero-order valence-corrected chi connectivity index (χ0v) is 20.1. The smallest absolute Gasteiger partial charge is 0.463 e. The number of rotatable bonds is 21. The summed E-state index contributed by atoms with van der Waals surface area (Å²) in [5.74, 6) is -0.376. The van der Waals surface area contributed by atoms with E-state index in [1.165, 1.54) is 51.4 Å². The summed E-state index contributed by atoms with van der Waals surface area (Å²) in [6.45, 7) is 2.01. The molecule has 0 aromatic heterocycles. The minimum absolute atomic E-state index is 0.0326. The SMILES string of the molecule is CCCCCCCCCCCCCC(=O)OC[C@@H](O)COP(=O)(O)OCCN(C)C. The highest BCUT2D eigenvalue weighted by atomic mass is 31.2. The number of nitrogens with zero attached hydrogens (tertiary/aromatic N) is 1. The normalized spacial score (nSPS) is 14.6. The Morgan fingerprint density at radius 3 is 1.97 bits per heavy atom. The molecule has 9 heteroatoms. The third kappa shape index (κ3) is 20.8. The minimum Gasteiger partial charge on any atom is -0.463 e. The molecule has 8 nitrogen and oxygen atoms in total. The fourth-order valence-corrected chi connectivity index (χ4v) is 3.55. The number of ether oxygens (including phenoxy) is 1. The van der Waals surface area contributed by atoms with E-state index in [2.05, 4.69) is 6.92 Å². The van der Waals surface area contributed by atoms with Crippen molar-refractivity contribution in [1.29, 1.82) is 0 Å². The van der Waals surface area contributed by atoms with Crippen molar-refractivity contribution in [3.8, 4) is 0 Å². The second kappa shape index (κ2) is 19.2. The first-order valence-electron chi connectivity index (χ1n) is 11.4. The van der Waals surface area contributed by atoms with Crippen LogP contribution in [0.5, 0.6) is 0 Å². The van der Waals surface area contributed by atoms with Crippen LogP contribution in [0, 0.1) is 0 Å². The van der Waals surface area contributed by atoms with Crippen LogP contribution in [0.15, 0.2) is 0 Å². The number of likely N-dealkylation sites (N-methyl/N-ethyl adjacent to an activating group) is 1. The monoisotopic (exact) mass is 453 g/mol. The van der Waals surface area contributed by atoms with Gasteiger partial charge in [-0.3, -0.25) is 13.8 Å². The summed E-state index contributed by atoms with van der Waals surface area (Å²) in [5, 5.41) is 9.74. The number of esters is 1.